The second-order valence-electron chi connectivity index (χ2n) is 5.89. The molecule has 2 aromatic rings. The summed E-state index contributed by atoms with van der Waals surface area (Å²) in [5.41, 5.74) is 1.37. The van der Waals surface area contributed by atoms with E-state index in [1.165, 1.54) is 11.8 Å². The zero-order valence-corrected chi connectivity index (χ0v) is 15.1. The van der Waals surface area contributed by atoms with Gasteiger partial charge in [0.2, 0.25) is 5.91 Å². The number of aromatic nitrogens is 2. The largest absolute Gasteiger partial charge is 0.350 e. The summed E-state index contributed by atoms with van der Waals surface area (Å²) in [6.45, 7) is 2.01. The monoisotopic (exact) mass is 358 g/mol. The van der Waals surface area contributed by atoms with Gasteiger partial charge < -0.3 is 10.2 Å². The lowest BCUT2D eigenvalue weighted by atomic mass is 10.3. The van der Waals surface area contributed by atoms with E-state index in [9.17, 15) is 9.59 Å². The highest BCUT2D eigenvalue weighted by Crippen LogP contribution is 2.21. The number of hydrogen-bond donors (Lipinski definition) is 1. The van der Waals surface area contributed by atoms with Gasteiger partial charge in [-0.2, -0.15) is 0 Å². The molecule has 25 heavy (non-hydrogen) atoms. The van der Waals surface area contributed by atoms with Gasteiger partial charge in [0.1, 0.15) is 5.69 Å². The minimum absolute atomic E-state index is 0.110. The zero-order chi connectivity index (χ0) is 17.6. The third-order valence-corrected chi connectivity index (χ3v) is 4.90. The Balaban J connectivity index is 1.66. The molecule has 0 saturated carbocycles. The van der Waals surface area contributed by atoms with Crippen LogP contribution in [0.5, 0.6) is 0 Å². The Bertz CT molecular complexity index is 739. The van der Waals surface area contributed by atoms with Crippen molar-refractivity contribution in [2.24, 2.45) is 0 Å². The first-order chi connectivity index (χ1) is 12.2. The third-order valence-electron chi connectivity index (χ3n) is 4.24. The molecular weight excluding hydrogens is 336 g/mol. The molecule has 1 aliphatic rings. The summed E-state index contributed by atoms with van der Waals surface area (Å²) < 4.78 is 1.84. The zero-order valence-electron chi connectivity index (χ0n) is 14.3. The van der Waals surface area contributed by atoms with Gasteiger partial charge in [-0.3, -0.25) is 14.2 Å². The predicted molar refractivity (Wildman–Crippen MR) is 98.1 cm³/mol. The Morgan fingerprint density at radius 1 is 1.20 bits per heavy atom. The number of hydrogen-bond acceptors (Lipinski definition) is 4. The summed E-state index contributed by atoms with van der Waals surface area (Å²) in [4.78, 5) is 30.8. The molecule has 2 heterocycles. The van der Waals surface area contributed by atoms with E-state index in [0.29, 0.717) is 18.7 Å². The van der Waals surface area contributed by atoms with Crippen LogP contribution in [-0.2, 0) is 4.79 Å². The SMILES string of the molecule is CSc1ncc(C(=O)NCCC(=O)N2CCCC2)n1-c1ccccc1. The van der Waals surface area contributed by atoms with Crippen LogP contribution in [0.15, 0.2) is 41.7 Å². The smallest absolute Gasteiger partial charge is 0.269 e. The van der Waals surface area contributed by atoms with Crippen LogP contribution in [0.2, 0.25) is 0 Å². The fourth-order valence-corrected chi connectivity index (χ4v) is 3.51. The van der Waals surface area contributed by atoms with E-state index in [4.69, 9.17) is 0 Å². The number of carbonyl (C=O) groups is 2. The minimum atomic E-state index is -0.217. The standard InChI is InChI=1S/C18H22N4O2S/c1-25-18-20-13-15(22(18)14-7-3-2-4-8-14)17(24)19-10-9-16(23)21-11-5-6-12-21/h2-4,7-8,13H,5-6,9-12H2,1H3,(H,19,24). The van der Waals surface area contributed by atoms with Gasteiger partial charge in [-0.15, -0.1) is 0 Å². The second-order valence-corrected chi connectivity index (χ2v) is 6.67. The van der Waals surface area contributed by atoms with Crippen LogP contribution in [0.1, 0.15) is 29.8 Å². The molecule has 0 aliphatic carbocycles. The van der Waals surface area contributed by atoms with Crippen LogP contribution in [-0.4, -0.2) is 52.2 Å². The molecule has 1 fully saturated rings. The molecule has 1 saturated heterocycles. The maximum Gasteiger partial charge on any atom is 0.269 e. The van der Waals surface area contributed by atoms with Crippen molar-refractivity contribution in [3.63, 3.8) is 0 Å². The summed E-state index contributed by atoms with van der Waals surface area (Å²) in [6, 6.07) is 9.67. The van der Waals surface area contributed by atoms with Crippen LogP contribution in [0, 0.1) is 0 Å². The summed E-state index contributed by atoms with van der Waals surface area (Å²) in [7, 11) is 0. The highest BCUT2D eigenvalue weighted by atomic mass is 32.2. The Hall–Kier alpha value is -2.28. The highest BCUT2D eigenvalue weighted by molar-refractivity contribution is 7.98. The molecule has 2 amide bonds. The Kier molecular flexibility index (Phi) is 5.75. The highest BCUT2D eigenvalue weighted by Gasteiger charge is 2.20. The van der Waals surface area contributed by atoms with Crippen molar-refractivity contribution in [1.29, 1.82) is 0 Å². The molecule has 3 rings (SSSR count). The van der Waals surface area contributed by atoms with Crippen molar-refractivity contribution < 1.29 is 9.59 Å². The predicted octanol–water partition coefficient (Wildman–Crippen LogP) is 2.34. The van der Waals surface area contributed by atoms with Crippen LogP contribution in [0.4, 0.5) is 0 Å². The molecule has 0 spiro atoms. The second kappa shape index (κ2) is 8.20. The van der Waals surface area contributed by atoms with Crippen LogP contribution in [0.25, 0.3) is 5.69 Å². The van der Waals surface area contributed by atoms with Gasteiger partial charge in [-0.1, -0.05) is 30.0 Å². The van der Waals surface area contributed by atoms with Crippen molar-refractivity contribution in [3.05, 3.63) is 42.2 Å². The first-order valence-electron chi connectivity index (χ1n) is 8.44. The number of benzene rings is 1. The number of carbonyl (C=O) groups excluding carboxylic acids is 2. The van der Waals surface area contributed by atoms with Crippen molar-refractivity contribution in [2.45, 2.75) is 24.4 Å². The lowest BCUT2D eigenvalue weighted by Gasteiger charge is -2.15. The Morgan fingerprint density at radius 2 is 1.92 bits per heavy atom. The van der Waals surface area contributed by atoms with Crippen molar-refractivity contribution in [3.8, 4) is 5.69 Å². The summed E-state index contributed by atoms with van der Waals surface area (Å²) in [5.74, 6) is -0.106. The number of nitrogens with zero attached hydrogens (tertiary/aromatic N) is 3. The van der Waals surface area contributed by atoms with E-state index in [1.54, 1.807) is 6.20 Å². The minimum Gasteiger partial charge on any atom is -0.350 e. The Labute approximate surface area is 151 Å². The molecule has 1 aromatic carbocycles. The summed E-state index contributed by atoms with van der Waals surface area (Å²) >= 11 is 1.49. The van der Waals surface area contributed by atoms with Crippen LogP contribution >= 0.6 is 11.8 Å². The van der Waals surface area contributed by atoms with E-state index in [1.807, 2.05) is 46.1 Å². The van der Waals surface area contributed by atoms with E-state index < -0.39 is 0 Å². The molecule has 0 unspecified atom stereocenters. The molecule has 1 aromatic heterocycles. The number of imidazole rings is 1. The number of amides is 2. The average molecular weight is 358 g/mol. The van der Waals surface area contributed by atoms with Gasteiger partial charge in [0.15, 0.2) is 5.16 Å². The van der Waals surface area contributed by atoms with E-state index in [0.717, 1.165) is 36.8 Å². The van der Waals surface area contributed by atoms with E-state index >= 15 is 0 Å². The Morgan fingerprint density at radius 3 is 2.60 bits per heavy atom. The first-order valence-corrected chi connectivity index (χ1v) is 9.66. The molecule has 132 valence electrons. The third kappa shape index (κ3) is 4.04. The number of likely N-dealkylation sites (tertiary alicyclic amines) is 1. The lowest BCUT2D eigenvalue weighted by molar-refractivity contribution is -0.129. The topological polar surface area (TPSA) is 67.2 Å². The van der Waals surface area contributed by atoms with E-state index in [2.05, 4.69) is 10.3 Å². The number of thioether (sulfide) groups is 1. The fraction of sp³-hybridized carbons (Fsp3) is 0.389. The molecule has 7 heteroatoms. The molecular formula is C18H22N4O2S. The maximum atomic E-state index is 12.6. The van der Waals surface area contributed by atoms with Gasteiger partial charge in [-0.25, -0.2) is 4.98 Å². The molecule has 0 atom stereocenters. The molecule has 1 aliphatic heterocycles. The number of rotatable bonds is 6. The van der Waals surface area contributed by atoms with Crippen LogP contribution < -0.4 is 5.32 Å². The molecule has 0 radical (unpaired) electrons. The quantitative estimate of drug-likeness (QED) is 0.805. The molecule has 0 bridgehead atoms. The van der Waals surface area contributed by atoms with Gasteiger partial charge in [-0.05, 0) is 31.2 Å². The molecule has 6 nitrogen and oxygen atoms in total. The van der Waals surface area contributed by atoms with Crippen LogP contribution in [0.3, 0.4) is 0 Å². The average Bonchev–Trinajstić information content (AvgIpc) is 3.31. The van der Waals surface area contributed by atoms with Gasteiger partial charge in [0.25, 0.3) is 5.91 Å². The summed E-state index contributed by atoms with van der Waals surface area (Å²) in [6.07, 6.45) is 5.99. The first kappa shape index (κ1) is 17.5. The molecule has 1 N–H and O–H groups in total. The van der Waals surface area contributed by atoms with E-state index in [-0.39, 0.29) is 11.8 Å². The van der Waals surface area contributed by atoms with Gasteiger partial charge in [0, 0.05) is 31.7 Å². The summed E-state index contributed by atoms with van der Waals surface area (Å²) in [5, 5.41) is 3.60. The normalized spacial score (nSPS) is 13.9. The maximum absolute atomic E-state index is 12.6. The van der Waals surface area contributed by atoms with Crippen molar-refractivity contribution in [2.75, 3.05) is 25.9 Å². The number of nitrogens with one attached hydrogen (secondary N) is 1. The number of para-hydroxylation sites is 1. The van der Waals surface area contributed by atoms with Gasteiger partial charge >= 0.3 is 0 Å². The van der Waals surface area contributed by atoms with Crippen molar-refractivity contribution >= 4 is 23.6 Å². The lowest BCUT2D eigenvalue weighted by Crippen LogP contribution is -2.33. The van der Waals surface area contributed by atoms with Gasteiger partial charge in [0.05, 0.1) is 6.20 Å². The van der Waals surface area contributed by atoms with Crippen molar-refractivity contribution in [1.82, 2.24) is 19.8 Å². The fourth-order valence-electron chi connectivity index (χ4n) is 2.96.